The lowest BCUT2D eigenvalue weighted by molar-refractivity contribution is -0.123. The third kappa shape index (κ3) is 4.20. The van der Waals surface area contributed by atoms with Crippen LogP contribution in [0.4, 0.5) is 0 Å². The SMILES string of the molecule is O=C(NN1C(=O)/C(=C/c2ccc(O)c(I)c2)SC1=S)c1ccc(Cl)cc1. The number of amides is 2. The summed E-state index contributed by atoms with van der Waals surface area (Å²) < 4.78 is 0.903. The Bertz CT molecular complexity index is 948. The number of benzene rings is 2. The van der Waals surface area contributed by atoms with Gasteiger partial charge in [0.25, 0.3) is 11.8 Å². The number of thioether (sulfide) groups is 1. The van der Waals surface area contributed by atoms with Crippen LogP contribution in [0.2, 0.25) is 5.02 Å². The lowest BCUT2D eigenvalue weighted by Gasteiger charge is -2.15. The van der Waals surface area contributed by atoms with Crippen LogP contribution in [0.1, 0.15) is 15.9 Å². The summed E-state index contributed by atoms with van der Waals surface area (Å²) in [6.45, 7) is 0. The number of nitrogens with one attached hydrogen (secondary N) is 1. The molecular formula is C17H10ClIN2O3S2. The van der Waals surface area contributed by atoms with Crippen LogP contribution in [-0.2, 0) is 4.79 Å². The third-order valence-corrected chi connectivity index (χ3v) is 5.80. The second-order valence-corrected chi connectivity index (χ2v) is 8.45. The third-order valence-electron chi connectivity index (χ3n) is 3.38. The molecule has 2 amide bonds. The molecule has 0 radical (unpaired) electrons. The van der Waals surface area contributed by atoms with Gasteiger partial charge in [-0.15, -0.1) is 0 Å². The van der Waals surface area contributed by atoms with E-state index >= 15 is 0 Å². The first-order valence-electron chi connectivity index (χ1n) is 7.18. The zero-order valence-corrected chi connectivity index (χ0v) is 17.4. The van der Waals surface area contributed by atoms with Gasteiger partial charge in [-0.05, 0) is 82.8 Å². The van der Waals surface area contributed by atoms with Crippen LogP contribution >= 0.6 is 58.2 Å². The van der Waals surface area contributed by atoms with Gasteiger partial charge in [0.15, 0.2) is 4.32 Å². The standard InChI is InChI=1S/C17H10ClIN2O3S2/c18-11-4-2-10(3-5-11)15(23)20-21-16(24)14(26-17(21)25)8-9-1-6-13(22)12(19)7-9/h1-8,22H,(H,20,23)/b14-8-. The Balaban J connectivity index is 1.78. The van der Waals surface area contributed by atoms with Crippen LogP contribution in [0.15, 0.2) is 47.4 Å². The van der Waals surface area contributed by atoms with Crippen molar-refractivity contribution in [1.82, 2.24) is 10.4 Å². The van der Waals surface area contributed by atoms with E-state index in [1.807, 2.05) is 22.6 Å². The van der Waals surface area contributed by atoms with Crippen molar-refractivity contribution in [3.05, 3.63) is 67.1 Å². The van der Waals surface area contributed by atoms with E-state index < -0.39 is 11.8 Å². The Morgan fingerprint density at radius 2 is 1.96 bits per heavy atom. The van der Waals surface area contributed by atoms with Gasteiger partial charge >= 0.3 is 0 Å². The molecular weight excluding hydrogens is 507 g/mol. The van der Waals surface area contributed by atoms with Crippen molar-refractivity contribution < 1.29 is 14.7 Å². The van der Waals surface area contributed by atoms with E-state index in [2.05, 4.69) is 5.43 Å². The highest BCUT2D eigenvalue weighted by molar-refractivity contribution is 14.1. The van der Waals surface area contributed by atoms with E-state index in [9.17, 15) is 14.7 Å². The minimum Gasteiger partial charge on any atom is -0.507 e. The van der Waals surface area contributed by atoms with E-state index in [0.717, 1.165) is 22.3 Å². The van der Waals surface area contributed by atoms with Crippen molar-refractivity contribution in [1.29, 1.82) is 0 Å². The molecule has 132 valence electrons. The van der Waals surface area contributed by atoms with Crippen LogP contribution in [-0.4, -0.2) is 26.3 Å². The highest BCUT2D eigenvalue weighted by atomic mass is 127. The van der Waals surface area contributed by atoms with Crippen LogP contribution < -0.4 is 5.43 Å². The summed E-state index contributed by atoms with van der Waals surface area (Å²) in [4.78, 5) is 25.2. The molecule has 0 unspecified atom stereocenters. The first kappa shape index (κ1) is 19.2. The Kier molecular flexibility index (Phi) is 5.86. The number of hydrogen-bond acceptors (Lipinski definition) is 5. The Morgan fingerprint density at radius 1 is 1.27 bits per heavy atom. The van der Waals surface area contributed by atoms with Gasteiger partial charge in [0.2, 0.25) is 0 Å². The van der Waals surface area contributed by atoms with Crippen LogP contribution in [0.3, 0.4) is 0 Å². The predicted octanol–water partition coefficient (Wildman–Crippen LogP) is 4.20. The number of rotatable bonds is 3. The summed E-state index contributed by atoms with van der Waals surface area (Å²) in [6.07, 6.45) is 1.66. The molecule has 2 N–H and O–H groups in total. The Morgan fingerprint density at radius 3 is 2.62 bits per heavy atom. The number of hydrazine groups is 1. The normalized spacial score (nSPS) is 15.6. The number of thiocarbonyl (C=S) groups is 1. The number of hydrogen-bond donors (Lipinski definition) is 2. The second kappa shape index (κ2) is 7.95. The molecule has 1 heterocycles. The number of aromatic hydroxyl groups is 1. The van der Waals surface area contributed by atoms with E-state index in [-0.39, 0.29) is 10.1 Å². The van der Waals surface area contributed by atoms with Crippen LogP contribution in [0, 0.1) is 3.57 Å². The molecule has 1 aliphatic heterocycles. The number of halogens is 2. The van der Waals surface area contributed by atoms with Crippen molar-refractivity contribution >= 4 is 80.4 Å². The molecule has 9 heteroatoms. The average Bonchev–Trinajstić information content (AvgIpc) is 2.86. The van der Waals surface area contributed by atoms with E-state index in [4.69, 9.17) is 23.8 Å². The highest BCUT2D eigenvalue weighted by Crippen LogP contribution is 2.32. The van der Waals surface area contributed by atoms with Gasteiger partial charge < -0.3 is 5.11 Å². The molecule has 1 aliphatic rings. The van der Waals surface area contributed by atoms with Crippen molar-refractivity contribution in [2.45, 2.75) is 0 Å². The van der Waals surface area contributed by atoms with Crippen molar-refractivity contribution in [3.8, 4) is 5.75 Å². The zero-order chi connectivity index (χ0) is 18.8. The summed E-state index contributed by atoms with van der Waals surface area (Å²) in [6, 6.07) is 11.3. The smallest absolute Gasteiger partial charge is 0.285 e. The van der Waals surface area contributed by atoms with Crippen molar-refractivity contribution in [2.24, 2.45) is 0 Å². The minimum atomic E-state index is -0.460. The van der Waals surface area contributed by atoms with Gasteiger partial charge in [-0.2, -0.15) is 5.01 Å². The molecule has 3 rings (SSSR count). The molecule has 0 saturated carbocycles. The molecule has 26 heavy (non-hydrogen) atoms. The van der Waals surface area contributed by atoms with E-state index in [0.29, 0.717) is 19.1 Å². The lowest BCUT2D eigenvalue weighted by atomic mass is 10.2. The molecule has 0 aromatic heterocycles. The average molecular weight is 517 g/mol. The molecule has 1 saturated heterocycles. The second-order valence-electron chi connectivity index (χ2n) is 5.18. The van der Waals surface area contributed by atoms with Gasteiger partial charge in [-0.25, -0.2) is 0 Å². The molecule has 2 aromatic rings. The summed E-state index contributed by atoms with van der Waals surface area (Å²) in [5.41, 5.74) is 3.62. The molecule has 0 spiro atoms. The van der Waals surface area contributed by atoms with Gasteiger partial charge in [0, 0.05) is 10.6 Å². The summed E-state index contributed by atoms with van der Waals surface area (Å²) >= 11 is 14.1. The number of carbonyl (C=O) groups is 2. The number of carbonyl (C=O) groups excluding carboxylic acids is 2. The Labute approximate surface area is 177 Å². The maximum atomic E-state index is 12.6. The molecule has 5 nitrogen and oxygen atoms in total. The quantitative estimate of drug-likeness (QED) is 0.364. The first-order chi connectivity index (χ1) is 12.3. The maximum Gasteiger partial charge on any atom is 0.285 e. The van der Waals surface area contributed by atoms with E-state index in [1.165, 1.54) is 0 Å². The minimum absolute atomic E-state index is 0.172. The maximum absolute atomic E-state index is 12.6. The van der Waals surface area contributed by atoms with Gasteiger partial charge in [-0.1, -0.05) is 29.4 Å². The topological polar surface area (TPSA) is 69.6 Å². The van der Waals surface area contributed by atoms with Gasteiger partial charge in [0.1, 0.15) is 5.75 Å². The fourth-order valence-electron chi connectivity index (χ4n) is 2.10. The summed E-state index contributed by atoms with van der Waals surface area (Å²) in [5, 5.41) is 11.1. The number of phenolic OH excluding ortho intramolecular Hbond substituents is 1. The summed E-state index contributed by atoms with van der Waals surface area (Å²) in [7, 11) is 0. The lowest BCUT2D eigenvalue weighted by Crippen LogP contribution is -2.44. The molecule has 0 atom stereocenters. The fraction of sp³-hybridized carbons (Fsp3) is 0. The summed E-state index contributed by atoms with van der Waals surface area (Å²) in [5.74, 6) is -0.700. The monoisotopic (exact) mass is 516 g/mol. The highest BCUT2D eigenvalue weighted by Gasteiger charge is 2.33. The Hall–Kier alpha value is -1.62. The molecule has 0 aliphatic carbocycles. The molecule has 2 aromatic carbocycles. The van der Waals surface area contributed by atoms with Crippen molar-refractivity contribution in [3.63, 3.8) is 0 Å². The van der Waals surface area contributed by atoms with Crippen LogP contribution in [0.25, 0.3) is 6.08 Å². The fourth-order valence-corrected chi connectivity index (χ4v) is 3.94. The van der Waals surface area contributed by atoms with Gasteiger partial charge in [0.05, 0.1) is 8.48 Å². The van der Waals surface area contributed by atoms with Crippen molar-refractivity contribution in [2.75, 3.05) is 0 Å². The van der Waals surface area contributed by atoms with Gasteiger partial charge in [-0.3, -0.25) is 15.0 Å². The molecule has 1 fully saturated rings. The van der Waals surface area contributed by atoms with E-state index in [1.54, 1.807) is 48.5 Å². The first-order valence-corrected chi connectivity index (χ1v) is 9.86. The van der Waals surface area contributed by atoms with Crippen LogP contribution in [0.5, 0.6) is 5.75 Å². The zero-order valence-electron chi connectivity index (χ0n) is 12.9. The largest absolute Gasteiger partial charge is 0.507 e. The number of nitrogens with zero attached hydrogens (tertiary/aromatic N) is 1. The molecule has 0 bridgehead atoms. The predicted molar refractivity (Wildman–Crippen MR) is 115 cm³/mol. The number of phenols is 1.